The van der Waals surface area contributed by atoms with Gasteiger partial charge in [-0.3, -0.25) is 9.08 Å². The van der Waals surface area contributed by atoms with Crippen LogP contribution in [0.5, 0.6) is 5.75 Å². The Morgan fingerprint density at radius 3 is 2.54 bits per heavy atom. The van der Waals surface area contributed by atoms with Gasteiger partial charge >= 0.3 is 0 Å². The maximum absolute atomic E-state index is 13.1. The van der Waals surface area contributed by atoms with E-state index in [-0.39, 0.29) is 4.90 Å². The van der Waals surface area contributed by atoms with E-state index in [1.54, 1.807) is 48.3 Å². The number of pyridine rings is 1. The predicted octanol–water partition coefficient (Wildman–Crippen LogP) is 3.47. The van der Waals surface area contributed by atoms with Gasteiger partial charge in [0.2, 0.25) is 0 Å². The quantitative estimate of drug-likeness (QED) is 0.528. The highest BCUT2D eigenvalue weighted by Gasteiger charge is 2.34. The first-order valence-corrected chi connectivity index (χ1v) is 10.3. The maximum Gasteiger partial charge on any atom is 0.188 e. The molecule has 1 aromatic carbocycles. The number of nitrogens with zero attached hydrogens (tertiary/aromatic N) is 4. The fourth-order valence-electron chi connectivity index (χ4n) is 3.20. The number of ether oxygens (including phenoxy) is 1. The second-order valence-electron chi connectivity index (χ2n) is 7.77. The molecule has 0 saturated heterocycles. The van der Waals surface area contributed by atoms with Crippen LogP contribution in [0, 0.1) is 0 Å². The van der Waals surface area contributed by atoms with Gasteiger partial charge in [-0.25, -0.2) is 13.4 Å². The van der Waals surface area contributed by atoms with Gasteiger partial charge in [0, 0.05) is 36.5 Å². The van der Waals surface area contributed by atoms with Crippen LogP contribution in [-0.4, -0.2) is 39.4 Å². The lowest BCUT2D eigenvalue weighted by Crippen LogP contribution is -2.28. The van der Waals surface area contributed by atoms with Crippen LogP contribution in [0.15, 0.2) is 47.8 Å². The smallest absolute Gasteiger partial charge is 0.188 e. The van der Waals surface area contributed by atoms with Crippen LogP contribution >= 0.6 is 0 Å². The fourth-order valence-corrected chi connectivity index (χ4v) is 4.51. The molecule has 8 heteroatoms. The largest absolute Gasteiger partial charge is 0.495 e. The van der Waals surface area contributed by atoms with Gasteiger partial charge in [0.1, 0.15) is 16.3 Å². The molecule has 3 aromatic heterocycles. The molecular formula is C20H22N4O3S. The lowest BCUT2D eigenvalue weighted by atomic mass is 10.1. The normalized spacial score (nSPS) is 12.8. The van der Waals surface area contributed by atoms with Crippen molar-refractivity contribution in [3.63, 3.8) is 0 Å². The van der Waals surface area contributed by atoms with E-state index in [2.05, 4.69) is 10.1 Å². The Labute approximate surface area is 163 Å². The summed E-state index contributed by atoms with van der Waals surface area (Å²) < 4.78 is 34.2. The Bertz CT molecular complexity index is 1310. The van der Waals surface area contributed by atoms with Gasteiger partial charge in [-0.2, -0.15) is 5.10 Å². The molecule has 0 bridgehead atoms. The van der Waals surface area contributed by atoms with Crippen molar-refractivity contribution < 1.29 is 13.2 Å². The van der Waals surface area contributed by atoms with E-state index in [1.807, 2.05) is 31.4 Å². The van der Waals surface area contributed by atoms with Gasteiger partial charge in [-0.1, -0.05) is 6.07 Å². The third-order valence-corrected chi connectivity index (χ3v) is 7.30. The van der Waals surface area contributed by atoms with E-state index in [4.69, 9.17) is 4.74 Å². The third kappa shape index (κ3) is 2.75. The minimum Gasteiger partial charge on any atom is -0.495 e. The summed E-state index contributed by atoms with van der Waals surface area (Å²) in [6.45, 7) is 5.03. The van der Waals surface area contributed by atoms with Gasteiger partial charge in [0.15, 0.2) is 9.84 Å². The summed E-state index contributed by atoms with van der Waals surface area (Å²) in [7, 11) is -0.261. The van der Waals surface area contributed by atoms with Crippen molar-refractivity contribution >= 4 is 26.4 Å². The average Bonchev–Trinajstić information content (AvgIpc) is 3.20. The zero-order valence-electron chi connectivity index (χ0n) is 16.5. The number of aryl methyl sites for hydroxylation is 1. The zero-order valence-corrected chi connectivity index (χ0v) is 17.3. The SMILES string of the molecule is COc1cc2ncc(-c3ccc4nn(C)cc4c3)n2cc1S(=O)(=O)C(C)(C)C. The van der Waals surface area contributed by atoms with E-state index in [0.717, 1.165) is 22.2 Å². The lowest BCUT2D eigenvalue weighted by molar-refractivity contribution is 0.401. The Hall–Kier alpha value is -2.87. The summed E-state index contributed by atoms with van der Waals surface area (Å²) in [6, 6.07) is 7.58. The average molecular weight is 398 g/mol. The Kier molecular flexibility index (Phi) is 4.01. The number of methoxy groups -OCH3 is 1. The second kappa shape index (κ2) is 6.07. The number of hydrogen-bond donors (Lipinski definition) is 0. The summed E-state index contributed by atoms with van der Waals surface area (Å²) >= 11 is 0. The van der Waals surface area contributed by atoms with Gasteiger partial charge in [0.05, 0.1) is 29.3 Å². The van der Waals surface area contributed by atoms with Crippen molar-refractivity contribution in [3.05, 3.63) is 42.9 Å². The Morgan fingerprint density at radius 2 is 1.86 bits per heavy atom. The molecular weight excluding hydrogens is 376 g/mol. The minimum atomic E-state index is -3.61. The van der Waals surface area contributed by atoms with E-state index in [9.17, 15) is 8.42 Å². The topological polar surface area (TPSA) is 78.5 Å². The van der Waals surface area contributed by atoms with Crippen LogP contribution in [0.25, 0.3) is 27.8 Å². The highest BCUT2D eigenvalue weighted by Crippen LogP contribution is 2.34. The fraction of sp³-hybridized carbons (Fsp3) is 0.300. The summed E-state index contributed by atoms with van der Waals surface area (Å²) in [5.41, 5.74) is 3.25. The first-order valence-electron chi connectivity index (χ1n) is 8.85. The van der Waals surface area contributed by atoms with Gasteiger partial charge < -0.3 is 4.74 Å². The lowest BCUT2D eigenvalue weighted by Gasteiger charge is -2.21. The van der Waals surface area contributed by atoms with Crippen molar-refractivity contribution in [2.75, 3.05) is 7.11 Å². The van der Waals surface area contributed by atoms with Crippen LogP contribution in [-0.2, 0) is 16.9 Å². The predicted molar refractivity (Wildman–Crippen MR) is 108 cm³/mol. The van der Waals surface area contributed by atoms with E-state index in [1.165, 1.54) is 7.11 Å². The van der Waals surface area contributed by atoms with Gasteiger partial charge in [-0.05, 0) is 32.9 Å². The molecule has 4 rings (SSSR count). The summed E-state index contributed by atoms with van der Waals surface area (Å²) in [5.74, 6) is 0.294. The first-order chi connectivity index (χ1) is 13.1. The third-order valence-electron chi connectivity index (χ3n) is 4.81. The number of benzene rings is 1. The van der Waals surface area contributed by atoms with Crippen molar-refractivity contribution in [2.45, 2.75) is 30.4 Å². The summed E-state index contributed by atoms with van der Waals surface area (Å²) in [4.78, 5) is 4.59. The number of imidazole rings is 1. The van der Waals surface area contributed by atoms with Crippen LogP contribution in [0.2, 0.25) is 0 Å². The molecule has 0 radical (unpaired) electrons. The monoisotopic (exact) mass is 398 g/mol. The molecule has 0 spiro atoms. The van der Waals surface area contributed by atoms with Crippen LogP contribution in [0.4, 0.5) is 0 Å². The molecule has 146 valence electrons. The van der Waals surface area contributed by atoms with E-state index in [0.29, 0.717) is 11.4 Å². The molecule has 0 amide bonds. The number of fused-ring (bicyclic) bond motifs is 2. The van der Waals surface area contributed by atoms with Crippen molar-refractivity contribution in [3.8, 4) is 17.0 Å². The Balaban J connectivity index is 1.97. The van der Waals surface area contributed by atoms with E-state index < -0.39 is 14.6 Å². The van der Waals surface area contributed by atoms with Crippen molar-refractivity contribution in [2.24, 2.45) is 7.05 Å². The molecule has 0 aliphatic carbocycles. The summed E-state index contributed by atoms with van der Waals surface area (Å²) in [6.07, 6.45) is 5.28. The highest BCUT2D eigenvalue weighted by molar-refractivity contribution is 7.92. The van der Waals surface area contributed by atoms with E-state index >= 15 is 0 Å². The zero-order chi connectivity index (χ0) is 20.3. The molecule has 0 unspecified atom stereocenters. The van der Waals surface area contributed by atoms with Crippen LogP contribution in [0.1, 0.15) is 20.8 Å². The number of rotatable bonds is 3. The molecule has 28 heavy (non-hydrogen) atoms. The maximum atomic E-state index is 13.1. The molecule has 0 aliphatic rings. The minimum absolute atomic E-state index is 0.150. The van der Waals surface area contributed by atoms with Crippen molar-refractivity contribution in [1.29, 1.82) is 0 Å². The van der Waals surface area contributed by atoms with Crippen LogP contribution in [0.3, 0.4) is 0 Å². The number of aromatic nitrogens is 4. The molecule has 0 aliphatic heterocycles. The van der Waals surface area contributed by atoms with Crippen molar-refractivity contribution in [1.82, 2.24) is 19.2 Å². The Morgan fingerprint density at radius 1 is 1.11 bits per heavy atom. The molecule has 0 saturated carbocycles. The molecule has 0 fully saturated rings. The molecule has 4 aromatic rings. The number of hydrogen-bond acceptors (Lipinski definition) is 5. The molecule has 0 atom stereocenters. The van der Waals surface area contributed by atoms with Gasteiger partial charge in [0.25, 0.3) is 0 Å². The van der Waals surface area contributed by atoms with Crippen LogP contribution < -0.4 is 4.74 Å². The molecule has 7 nitrogen and oxygen atoms in total. The summed E-state index contributed by atoms with van der Waals surface area (Å²) in [5, 5.41) is 5.40. The van der Waals surface area contributed by atoms with Gasteiger partial charge in [-0.15, -0.1) is 0 Å². The first kappa shape index (κ1) is 18.5. The second-order valence-corrected chi connectivity index (χ2v) is 10.4. The highest BCUT2D eigenvalue weighted by atomic mass is 32.2. The molecule has 0 N–H and O–H groups in total. The molecule has 3 heterocycles. The standard InChI is InChI=1S/C20H22N4O3S/c1-20(2,3)28(25,26)18-12-24-16(10-21-19(24)9-17(18)27-5)13-6-7-15-14(8-13)11-23(4)22-15/h6-12H,1-5H3. The number of sulfone groups is 1.